The van der Waals surface area contributed by atoms with Gasteiger partial charge in [-0.1, -0.05) is 0 Å². The van der Waals surface area contributed by atoms with Crippen LogP contribution in [0.2, 0.25) is 0 Å². The summed E-state index contributed by atoms with van der Waals surface area (Å²) in [6, 6.07) is 1.08. The van der Waals surface area contributed by atoms with E-state index in [2.05, 4.69) is 8.37 Å². The Morgan fingerprint density at radius 1 is 0.828 bits per heavy atom. The van der Waals surface area contributed by atoms with Gasteiger partial charge in [-0.2, -0.15) is 34.4 Å². The van der Waals surface area contributed by atoms with Crippen LogP contribution in [-0.2, 0) is 28.6 Å². The third-order valence-electron chi connectivity index (χ3n) is 2.99. The Kier molecular flexibility index (Phi) is 7.48. The molecule has 168 valence electrons. The third kappa shape index (κ3) is 6.38. The fourth-order valence-corrected chi connectivity index (χ4v) is 3.46. The molecule has 1 aromatic rings. The van der Waals surface area contributed by atoms with Gasteiger partial charge < -0.3 is 5.73 Å². The molecule has 0 aliphatic heterocycles. The lowest BCUT2D eigenvalue weighted by Gasteiger charge is -2.16. The zero-order valence-corrected chi connectivity index (χ0v) is 15.3. The molecule has 1 rings (SSSR count). The fourth-order valence-electron chi connectivity index (χ4n) is 1.48. The normalized spacial score (nSPS) is 14.0. The maximum absolute atomic E-state index is 12.8. The topological polar surface area (TPSA) is 113 Å². The van der Waals surface area contributed by atoms with Crippen LogP contribution in [0, 0.1) is 0 Å². The summed E-state index contributed by atoms with van der Waals surface area (Å²) in [7, 11) is -10.3. The quantitative estimate of drug-likeness (QED) is 0.310. The summed E-state index contributed by atoms with van der Waals surface area (Å²) in [6.07, 6.45) is -8.48. The number of nitrogens with two attached hydrogens (primary N) is 1. The minimum absolute atomic E-state index is 0.317. The van der Waals surface area contributed by atoms with E-state index in [1.807, 2.05) is 0 Å². The fraction of sp³-hybridized carbons (Fsp3) is 0.500. The van der Waals surface area contributed by atoms with Crippen LogP contribution >= 0.6 is 0 Å². The standard InChI is InChI=1S/C12H11F8NO6S2/c13-9(14)11(17,18)4-26-28(22,23)6-1-2-8(7(21)3-6)29(24,25)27-5-12(19,20)10(15)16/h1-3,9-10H,4-5,21H2. The van der Waals surface area contributed by atoms with Gasteiger partial charge in [0, 0.05) is 0 Å². The molecule has 0 saturated carbocycles. The highest BCUT2D eigenvalue weighted by molar-refractivity contribution is 7.87. The van der Waals surface area contributed by atoms with Crippen LogP contribution < -0.4 is 5.73 Å². The van der Waals surface area contributed by atoms with Crippen molar-refractivity contribution in [3.63, 3.8) is 0 Å². The monoisotopic (exact) mass is 481 g/mol. The molecule has 0 aliphatic rings. The summed E-state index contributed by atoms with van der Waals surface area (Å²) >= 11 is 0. The molecule has 29 heavy (non-hydrogen) atoms. The second-order valence-electron chi connectivity index (χ2n) is 5.26. The molecule has 7 nitrogen and oxygen atoms in total. The van der Waals surface area contributed by atoms with Crippen LogP contribution in [-0.4, -0.2) is 54.7 Å². The molecule has 0 bridgehead atoms. The molecular formula is C12H11F8NO6S2. The van der Waals surface area contributed by atoms with Crippen LogP contribution in [0.1, 0.15) is 0 Å². The van der Waals surface area contributed by atoms with Crippen molar-refractivity contribution in [3.8, 4) is 0 Å². The Bertz CT molecular complexity index is 936. The molecule has 0 amide bonds. The summed E-state index contributed by atoms with van der Waals surface area (Å²) in [6.45, 7) is -4.49. The van der Waals surface area contributed by atoms with E-state index >= 15 is 0 Å². The molecule has 0 saturated heterocycles. The van der Waals surface area contributed by atoms with Crippen LogP contribution in [0.25, 0.3) is 0 Å². The molecule has 0 fully saturated rings. The summed E-state index contributed by atoms with van der Waals surface area (Å²) in [5.74, 6) is -9.64. The van der Waals surface area contributed by atoms with E-state index in [0.29, 0.717) is 18.2 Å². The maximum Gasteiger partial charge on any atom is 0.331 e. The number of hydrogen-bond donors (Lipinski definition) is 1. The Labute approximate surface area is 158 Å². The first-order chi connectivity index (χ1) is 12.9. The van der Waals surface area contributed by atoms with E-state index in [1.54, 1.807) is 0 Å². The Hall–Kier alpha value is -1.72. The molecule has 0 aromatic heterocycles. The zero-order valence-electron chi connectivity index (χ0n) is 13.7. The minimum Gasteiger partial charge on any atom is -0.398 e. The Morgan fingerprint density at radius 3 is 1.62 bits per heavy atom. The van der Waals surface area contributed by atoms with Crippen molar-refractivity contribution in [1.82, 2.24) is 0 Å². The number of hydrogen-bond acceptors (Lipinski definition) is 7. The maximum atomic E-state index is 12.8. The third-order valence-corrected chi connectivity index (χ3v) is 5.59. The molecule has 0 spiro atoms. The van der Waals surface area contributed by atoms with Crippen LogP contribution in [0.15, 0.2) is 28.0 Å². The molecule has 2 N–H and O–H groups in total. The minimum atomic E-state index is -5.16. The number of alkyl halides is 8. The van der Waals surface area contributed by atoms with Crippen LogP contribution in [0.3, 0.4) is 0 Å². The van der Waals surface area contributed by atoms with Crippen molar-refractivity contribution in [3.05, 3.63) is 18.2 Å². The van der Waals surface area contributed by atoms with E-state index in [1.165, 1.54) is 0 Å². The molecule has 0 heterocycles. The first kappa shape index (κ1) is 25.3. The van der Waals surface area contributed by atoms with Crippen molar-refractivity contribution in [1.29, 1.82) is 0 Å². The van der Waals surface area contributed by atoms with E-state index in [-0.39, 0.29) is 0 Å². The lowest BCUT2D eigenvalue weighted by molar-refractivity contribution is -0.147. The highest BCUT2D eigenvalue weighted by Gasteiger charge is 2.44. The molecule has 0 aliphatic carbocycles. The second kappa shape index (κ2) is 8.57. The number of nitrogen functional groups attached to an aromatic ring is 1. The van der Waals surface area contributed by atoms with Crippen molar-refractivity contribution in [2.24, 2.45) is 0 Å². The lowest BCUT2D eigenvalue weighted by atomic mass is 10.3. The number of halogens is 8. The molecule has 17 heteroatoms. The predicted octanol–water partition coefficient (Wildman–Crippen LogP) is 2.48. The largest absolute Gasteiger partial charge is 0.398 e. The first-order valence-electron chi connectivity index (χ1n) is 6.93. The summed E-state index contributed by atoms with van der Waals surface area (Å²) in [4.78, 5) is -2.16. The Balaban J connectivity index is 3.06. The highest BCUT2D eigenvalue weighted by atomic mass is 32.2. The number of benzene rings is 1. The lowest BCUT2D eigenvalue weighted by Crippen LogP contribution is -2.33. The van der Waals surface area contributed by atoms with Gasteiger partial charge in [-0.3, -0.25) is 8.37 Å². The van der Waals surface area contributed by atoms with Crippen molar-refractivity contribution in [2.45, 2.75) is 34.5 Å². The predicted molar refractivity (Wildman–Crippen MR) is 79.0 cm³/mol. The summed E-state index contributed by atoms with van der Waals surface area (Å²) in [5, 5.41) is 0. The van der Waals surface area contributed by atoms with Crippen molar-refractivity contribution in [2.75, 3.05) is 18.9 Å². The van der Waals surface area contributed by atoms with Gasteiger partial charge in [-0.25, -0.2) is 17.6 Å². The molecule has 0 atom stereocenters. The second-order valence-corrected chi connectivity index (χ2v) is 8.45. The van der Waals surface area contributed by atoms with Crippen molar-refractivity contribution >= 4 is 25.9 Å². The van der Waals surface area contributed by atoms with Crippen molar-refractivity contribution < 1.29 is 60.3 Å². The summed E-state index contributed by atoms with van der Waals surface area (Å²) < 4.78 is 154. The van der Waals surface area contributed by atoms with Gasteiger partial charge in [0.25, 0.3) is 20.2 Å². The summed E-state index contributed by atoms with van der Waals surface area (Å²) in [5.41, 5.74) is 4.27. The van der Waals surface area contributed by atoms with Gasteiger partial charge in [0.15, 0.2) is 0 Å². The highest BCUT2D eigenvalue weighted by Crippen LogP contribution is 2.29. The molecule has 1 aromatic carbocycles. The van der Waals surface area contributed by atoms with Gasteiger partial charge in [0.05, 0.1) is 10.6 Å². The van der Waals surface area contributed by atoms with Crippen LogP contribution in [0.5, 0.6) is 0 Å². The molecule has 0 unspecified atom stereocenters. The van der Waals surface area contributed by atoms with E-state index in [9.17, 15) is 52.0 Å². The average Bonchev–Trinajstić information content (AvgIpc) is 2.58. The zero-order chi connectivity index (χ0) is 22.8. The first-order valence-corrected chi connectivity index (χ1v) is 9.74. The van der Waals surface area contributed by atoms with E-state index in [0.717, 1.165) is 0 Å². The van der Waals surface area contributed by atoms with Gasteiger partial charge >= 0.3 is 24.7 Å². The Morgan fingerprint density at radius 2 is 1.24 bits per heavy atom. The SMILES string of the molecule is Nc1cc(S(=O)(=O)OCC(F)(F)C(F)F)ccc1S(=O)(=O)OCC(F)(F)C(F)F. The smallest absolute Gasteiger partial charge is 0.331 e. The molecular weight excluding hydrogens is 470 g/mol. The van der Waals surface area contributed by atoms with Gasteiger partial charge in [-0.15, -0.1) is 0 Å². The van der Waals surface area contributed by atoms with E-state index < -0.39 is 73.6 Å². The van der Waals surface area contributed by atoms with Gasteiger partial charge in [0.2, 0.25) is 0 Å². The molecule has 0 radical (unpaired) electrons. The number of rotatable bonds is 10. The number of anilines is 1. The van der Waals surface area contributed by atoms with Gasteiger partial charge in [0.1, 0.15) is 18.1 Å². The van der Waals surface area contributed by atoms with Crippen LogP contribution in [0.4, 0.5) is 40.8 Å². The average molecular weight is 481 g/mol. The van der Waals surface area contributed by atoms with E-state index in [4.69, 9.17) is 5.73 Å². The van der Waals surface area contributed by atoms with Gasteiger partial charge in [-0.05, 0) is 18.2 Å².